The van der Waals surface area contributed by atoms with Gasteiger partial charge in [-0.3, -0.25) is 4.99 Å². The molecule has 7 nitrogen and oxygen atoms in total. The molecular formula is C21H35IN4O3. The molecule has 0 aliphatic carbocycles. The van der Waals surface area contributed by atoms with Crippen LogP contribution in [0.4, 0.5) is 4.79 Å². The Kier molecular flexibility index (Phi) is 10.2. The van der Waals surface area contributed by atoms with Crippen molar-refractivity contribution in [1.29, 1.82) is 0 Å². The number of halogens is 1. The van der Waals surface area contributed by atoms with Crippen LogP contribution in [0.3, 0.4) is 0 Å². The van der Waals surface area contributed by atoms with Crippen molar-refractivity contribution in [3.05, 3.63) is 35.4 Å². The van der Waals surface area contributed by atoms with Crippen LogP contribution in [0.25, 0.3) is 0 Å². The topological polar surface area (TPSA) is 86.2 Å². The Bertz CT molecular complexity index is 673. The summed E-state index contributed by atoms with van der Waals surface area (Å²) in [4.78, 5) is 18.7. The first-order valence-corrected chi connectivity index (χ1v) is 9.95. The maximum absolute atomic E-state index is 12.0. The average molecular weight is 518 g/mol. The van der Waals surface area contributed by atoms with Crippen molar-refractivity contribution in [2.24, 2.45) is 4.99 Å². The number of hydrogen-bond donors (Lipinski definition) is 3. The number of rotatable bonds is 5. The van der Waals surface area contributed by atoms with Gasteiger partial charge in [0.1, 0.15) is 5.60 Å². The minimum Gasteiger partial charge on any atom is -0.444 e. The lowest BCUT2D eigenvalue weighted by atomic mass is 10.1. The van der Waals surface area contributed by atoms with E-state index in [1.54, 1.807) is 0 Å². The summed E-state index contributed by atoms with van der Waals surface area (Å²) in [6.07, 6.45) is -0.215. The summed E-state index contributed by atoms with van der Waals surface area (Å²) in [7, 11) is 0. The highest BCUT2D eigenvalue weighted by molar-refractivity contribution is 14.0. The third-order valence-electron chi connectivity index (χ3n) is 4.42. The lowest BCUT2D eigenvalue weighted by Gasteiger charge is -2.23. The molecule has 0 saturated carbocycles. The molecule has 0 spiro atoms. The normalized spacial score (nSPS) is 18.1. The molecule has 0 aromatic heterocycles. The van der Waals surface area contributed by atoms with Crippen LogP contribution in [0.1, 0.15) is 51.3 Å². The molecule has 2 atom stereocenters. The van der Waals surface area contributed by atoms with Crippen molar-refractivity contribution in [2.75, 3.05) is 26.2 Å². The van der Waals surface area contributed by atoms with Gasteiger partial charge in [-0.15, -0.1) is 24.0 Å². The SMILES string of the molecule is CCNC(=NCC(O)c1ccc(C)cc1)N1CCC(NC(=O)OC(C)(C)C)C1.I. The van der Waals surface area contributed by atoms with Gasteiger partial charge >= 0.3 is 6.09 Å². The summed E-state index contributed by atoms with van der Waals surface area (Å²) in [5, 5.41) is 16.6. The number of carbonyl (C=O) groups excluding carboxylic acids is 1. The van der Waals surface area contributed by atoms with Crippen LogP contribution >= 0.6 is 24.0 Å². The van der Waals surface area contributed by atoms with Gasteiger partial charge < -0.3 is 25.4 Å². The number of aliphatic imine (C=N–C) groups is 1. The standard InChI is InChI=1S/C21H34N4O3.HI/c1-6-22-19(23-13-18(26)16-9-7-15(2)8-10-16)25-12-11-17(14-25)24-20(27)28-21(3,4)5;/h7-10,17-18,26H,6,11-14H2,1-5H3,(H,22,23)(H,24,27);1H. The average Bonchev–Trinajstić information content (AvgIpc) is 3.05. The number of aryl methyl sites for hydroxylation is 1. The first-order chi connectivity index (χ1) is 13.2. The molecule has 164 valence electrons. The number of likely N-dealkylation sites (tertiary alicyclic amines) is 1. The van der Waals surface area contributed by atoms with Gasteiger partial charge in [0, 0.05) is 19.6 Å². The number of benzene rings is 1. The second-order valence-electron chi connectivity index (χ2n) is 8.20. The van der Waals surface area contributed by atoms with Crippen molar-refractivity contribution in [1.82, 2.24) is 15.5 Å². The summed E-state index contributed by atoms with van der Waals surface area (Å²) in [5.41, 5.74) is 1.51. The summed E-state index contributed by atoms with van der Waals surface area (Å²) in [6, 6.07) is 7.85. The number of amides is 1. The molecule has 3 N–H and O–H groups in total. The van der Waals surface area contributed by atoms with E-state index >= 15 is 0 Å². The predicted octanol–water partition coefficient (Wildman–Crippen LogP) is 3.21. The third kappa shape index (κ3) is 8.77. The molecule has 1 saturated heterocycles. The van der Waals surface area contributed by atoms with Crippen LogP contribution in [-0.2, 0) is 4.74 Å². The minimum absolute atomic E-state index is 0. The van der Waals surface area contributed by atoms with Crippen molar-refractivity contribution >= 4 is 36.0 Å². The van der Waals surface area contributed by atoms with Crippen LogP contribution < -0.4 is 10.6 Å². The number of carbonyl (C=O) groups is 1. The Morgan fingerprint density at radius 2 is 2.00 bits per heavy atom. The van der Waals surface area contributed by atoms with Gasteiger partial charge in [0.2, 0.25) is 0 Å². The van der Waals surface area contributed by atoms with Crippen molar-refractivity contribution in [2.45, 2.75) is 58.8 Å². The number of ether oxygens (including phenoxy) is 1. The van der Waals surface area contributed by atoms with E-state index in [1.807, 2.05) is 58.9 Å². The zero-order valence-corrected chi connectivity index (χ0v) is 20.4. The molecule has 0 radical (unpaired) electrons. The Hall–Kier alpha value is -1.55. The molecule has 0 bridgehead atoms. The molecule has 1 heterocycles. The number of guanidine groups is 1. The molecular weight excluding hydrogens is 483 g/mol. The van der Waals surface area contributed by atoms with Gasteiger partial charge in [-0.05, 0) is 46.6 Å². The second-order valence-corrected chi connectivity index (χ2v) is 8.20. The van der Waals surface area contributed by atoms with Gasteiger partial charge in [0.05, 0.1) is 18.7 Å². The van der Waals surface area contributed by atoms with Gasteiger partial charge in [0.25, 0.3) is 0 Å². The zero-order valence-electron chi connectivity index (χ0n) is 18.1. The van der Waals surface area contributed by atoms with E-state index < -0.39 is 17.8 Å². The smallest absolute Gasteiger partial charge is 0.407 e. The molecule has 1 aromatic carbocycles. The first-order valence-electron chi connectivity index (χ1n) is 9.95. The first kappa shape index (κ1) is 25.5. The number of nitrogens with one attached hydrogen (secondary N) is 2. The van der Waals surface area contributed by atoms with Crippen molar-refractivity contribution in [3.63, 3.8) is 0 Å². The zero-order chi connectivity index (χ0) is 20.7. The van der Waals surface area contributed by atoms with E-state index in [0.29, 0.717) is 6.54 Å². The van der Waals surface area contributed by atoms with E-state index in [4.69, 9.17) is 4.74 Å². The Labute approximate surface area is 191 Å². The van der Waals surface area contributed by atoms with Crippen LogP contribution in [0.2, 0.25) is 0 Å². The molecule has 1 amide bonds. The van der Waals surface area contributed by atoms with E-state index in [1.165, 1.54) is 0 Å². The lowest BCUT2D eigenvalue weighted by molar-refractivity contribution is 0.0507. The molecule has 1 aromatic rings. The lowest BCUT2D eigenvalue weighted by Crippen LogP contribution is -2.44. The fourth-order valence-electron chi connectivity index (χ4n) is 3.04. The van der Waals surface area contributed by atoms with Gasteiger partial charge in [-0.2, -0.15) is 0 Å². The summed E-state index contributed by atoms with van der Waals surface area (Å²) >= 11 is 0. The number of aliphatic hydroxyl groups excluding tert-OH is 1. The summed E-state index contributed by atoms with van der Waals surface area (Å²) in [5.74, 6) is 0.752. The second kappa shape index (κ2) is 11.6. The highest BCUT2D eigenvalue weighted by Crippen LogP contribution is 2.15. The fourth-order valence-corrected chi connectivity index (χ4v) is 3.04. The number of nitrogens with zero attached hydrogens (tertiary/aromatic N) is 2. The Balaban J connectivity index is 0.00000420. The maximum atomic E-state index is 12.0. The third-order valence-corrected chi connectivity index (χ3v) is 4.42. The molecule has 2 rings (SSSR count). The van der Waals surface area contributed by atoms with Crippen LogP contribution in [-0.4, -0.2) is 59.9 Å². The molecule has 8 heteroatoms. The van der Waals surface area contributed by atoms with E-state index in [9.17, 15) is 9.90 Å². The number of aliphatic hydroxyl groups is 1. The molecule has 1 fully saturated rings. The van der Waals surface area contributed by atoms with Crippen LogP contribution in [0, 0.1) is 6.92 Å². The summed E-state index contributed by atoms with van der Waals surface area (Å²) < 4.78 is 5.33. The molecule has 2 unspecified atom stereocenters. The summed E-state index contributed by atoms with van der Waals surface area (Å²) in [6.45, 7) is 12.0. The van der Waals surface area contributed by atoms with Gasteiger partial charge in [-0.25, -0.2) is 4.79 Å². The Morgan fingerprint density at radius 1 is 1.34 bits per heavy atom. The van der Waals surface area contributed by atoms with E-state index in [2.05, 4.69) is 20.5 Å². The predicted molar refractivity (Wildman–Crippen MR) is 127 cm³/mol. The van der Waals surface area contributed by atoms with Crippen molar-refractivity contribution < 1.29 is 14.6 Å². The Morgan fingerprint density at radius 3 is 2.59 bits per heavy atom. The van der Waals surface area contributed by atoms with Crippen LogP contribution in [0.15, 0.2) is 29.3 Å². The number of alkyl carbamates (subject to hydrolysis) is 1. The minimum atomic E-state index is -0.646. The largest absolute Gasteiger partial charge is 0.444 e. The maximum Gasteiger partial charge on any atom is 0.407 e. The molecule has 1 aliphatic rings. The molecule has 29 heavy (non-hydrogen) atoms. The molecule has 1 aliphatic heterocycles. The van der Waals surface area contributed by atoms with Gasteiger partial charge in [0.15, 0.2) is 5.96 Å². The van der Waals surface area contributed by atoms with Crippen molar-refractivity contribution in [3.8, 4) is 0 Å². The van der Waals surface area contributed by atoms with Crippen LogP contribution in [0.5, 0.6) is 0 Å². The van der Waals surface area contributed by atoms with E-state index in [0.717, 1.165) is 36.6 Å². The fraction of sp³-hybridized carbons (Fsp3) is 0.619. The monoisotopic (exact) mass is 518 g/mol. The van der Waals surface area contributed by atoms with Gasteiger partial charge in [-0.1, -0.05) is 29.8 Å². The number of hydrogen-bond acceptors (Lipinski definition) is 4. The highest BCUT2D eigenvalue weighted by atomic mass is 127. The van der Waals surface area contributed by atoms with E-state index in [-0.39, 0.29) is 36.6 Å². The quantitative estimate of drug-likeness (QED) is 0.317. The highest BCUT2D eigenvalue weighted by Gasteiger charge is 2.28.